The Labute approximate surface area is 142 Å². The van der Waals surface area contributed by atoms with Crippen LogP contribution in [-0.2, 0) is 0 Å². The van der Waals surface area contributed by atoms with E-state index in [0.29, 0.717) is 12.0 Å². The van der Waals surface area contributed by atoms with Crippen LogP contribution in [0.5, 0.6) is 5.75 Å². The molecule has 2 atom stereocenters. The zero-order valence-electron chi connectivity index (χ0n) is 13.2. The molecule has 1 fully saturated rings. The minimum atomic E-state index is 0.526. The van der Waals surface area contributed by atoms with Gasteiger partial charge in [-0.3, -0.25) is 0 Å². The van der Waals surface area contributed by atoms with Crippen molar-refractivity contribution in [2.24, 2.45) is 0 Å². The fourth-order valence-electron chi connectivity index (χ4n) is 3.93. The molecule has 0 aromatic heterocycles. The predicted octanol–water partition coefficient (Wildman–Crippen LogP) is 4.28. The van der Waals surface area contributed by atoms with Gasteiger partial charge in [-0.1, -0.05) is 23.7 Å². The van der Waals surface area contributed by atoms with E-state index in [1.54, 1.807) is 7.11 Å². The summed E-state index contributed by atoms with van der Waals surface area (Å²) in [7, 11) is 1.67. The van der Waals surface area contributed by atoms with E-state index in [1.807, 2.05) is 12.1 Å². The largest absolute Gasteiger partial charge is 0.497 e. The molecule has 2 aliphatic rings. The lowest BCUT2D eigenvalue weighted by Gasteiger charge is -2.18. The Balaban J connectivity index is 1.81. The van der Waals surface area contributed by atoms with Crippen molar-refractivity contribution in [3.8, 4) is 16.9 Å². The number of anilines is 1. The lowest BCUT2D eigenvalue weighted by Crippen LogP contribution is -2.21. The summed E-state index contributed by atoms with van der Waals surface area (Å²) in [5.74, 6) is 1.34. The lowest BCUT2D eigenvalue weighted by molar-refractivity contribution is 0.415. The number of halogens is 1. The second kappa shape index (κ2) is 6.06. The molecule has 4 heteroatoms. The van der Waals surface area contributed by atoms with Crippen LogP contribution in [0.25, 0.3) is 11.1 Å². The standard InChI is InChI=1S/C19H21ClN2O/c1-23-12-5-6-13(16(20)11-12)14-3-2-4-18-19(14)15-7-9-21-10-8-17(15)22-18/h2-6,11,15,17,21-22H,7-10H2,1H3. The van der Waals surface area contributed by atoms with E-state index in [4.69, 9.17) is 16.3 Å². The molecule has 0 saturated carbocycles. The topological polar surface area (TPSA) is 33.3 Å². The maximum atomic E-state index is 6.54. The number of benzene rings is 2. The van der Waals surface area contributed by atoms with E-state index in [2.05, 4.69) is 34.9 Å². The SMILES string of the molecule is COc1ccc(-c2cccc3c2C2CCNCCC2N3)c(Cl)c1. The van der Waals surface area contributed by atoms with Gasteiger partial charge in [0, 0.05) is 23.2 Å². The monoisotopic (exact) mass is 328 g/mol. The highest BCUT2D eigenvalue weighted by atomic mass is 35.5. The predicted molar refractivity (Wildman–Crippen MR) is 95.7 cm³/mol. The van der Waals surface area contributed by atoms with Crippen LogP contribution < -0.4 is 15.4 Å². The van der Waals surface area contributed by atoms with Crippen LogP contribution in [0.3, 0.4) is 0 Å². The third kappa shape index (κ3) is 2.58. The molecule has 0 bridgehead atoms. The Morgan fingerprint density at radius 3 is 2.78 bits per heavy atom. The molecule has 0 amide bonds. The number of ether oxygens (including phenoxy) is 1. The molecule has 0 spiro atoms. The number of nitrogens with one attached hydrogen (secondary N) is 2. The Morgan fingerprint density at radius 1 is 1.09 bits per heavy atom. The lowest BCUT2D eigenvalue weighted by atomic mass is 9.86. The summed E-state index contributed by atoms with van der Waals surface area (Å²) in [6, 6.07) is 13.0. The maximum absolute atomic E-state index is 6.54. The third-order valence-electron chi connectivity index (χ3n) is 5.03. The second-order valence-corrected chi connectivity index (χ2v) is 6.70. The molecule has 2 unspecified atom stereocenters. The molecule has 23 heavy (non-hydrogen) atoms. The molecular weight excluding hydrogens is 308 g/mol. The van der Waals surface area contributed by atoms with Crippen LogP contribution in [-0.4, -0.2) is 26.2 Å². The Morgan fingerprint density at radius 2 is 1.96 bits per heavy atom. The fraction of sp³-hybridized carbons (Fsp3) is 0.368. The van der Waals surface area contributed by atoms with Gasteiger partial charge in [-0.15, -0.1) is 0 Å². The quantitative estimate of drug-likeness (QED) is 0.863. The Kier molecular flexibility index (Phi) is 3.92. The van der Waals surface area contributed by atoms with Crippen molar-refractivity contribution in [1.82, 2.24) is 5.32 Å². The third-order valence-corrected chi connectivity index (χ3v) is 5.35. The van der Waals surface area contributed by atoms with E-state index >= 15 is 0 Å². The van der Waals surface area contributed by atoms with Crippen molar-refractivity contribution in [2.45, 2.75) is 24.8 Å². The van der Waals surface area contributed by atoms with Crippen LogP contribution >= 0.6 is 11.6 Å². The van der Waals surface area contributed by atoms with Crippen molar-refractivity contribution >= 4 is 17.3 Å². The first-order valence-electron chi connectivity index (χ1n) is 8.22. The molecule has 1 saturated heterocycles. The smallest absolute Gasteiger partial charge is 0.120 e. The molecule has 4 rings (SSSR count). The maximum Gasteiger partial charge on any atom is 0.120 e. The summed E-state index contributed by atoms with van der Waals surface area (Å²) in [5.41, 5.74) is 5.03. The molecule has 0 aliphatic carbocycles. The van der Waals surface area contributed by atoms with Crippen molar-refractivity contribution in [3.05, 3.63) is 47.0 Å². The van der Waals surface area contributed by atoms with E-state index in [-0.39, 0.29) is 0 Å². The molecular formula is C19H21ClN2O. The average Bonchev–Trinajstić information content (AvgIpc) is 2.76. The van der Waals surface area contributed by atoms with Gasteiger partial charge in [-0.25, -0.2) is 0 Å². The number of methoxy groups -OCH3 is 1. The molecule has 2 aliphatic heterocycles. The first-order valence-corrected chi connectivity index (χ1v) is 8.60. The average molecular weight is 329 g/mol. The van der Waals surface area contributed by atoms with Crippen molar-refractivity contribution in [3.63, 3.8) is 0 Å². The highest BCUT2D eigenvalue weighted by Gasteiger charge is 2.34. The van der Waals surface area contributed by atoms with Gasteiger partial charge < -0.3 is 15.4 Å². The van der Waals surface area contributed by atoms with Gasteiger partial charge in [0.1, 0.15) is 5.75 Å². The molecule has 2 aromatic carbocycles. The van der Waals surface area contributed by atoms with Crippen LogP contribution in [0, 0.1) is 0 Å². The molecule has 2 heterocycles. The molecule has 120 valence electrons. The summed E-state index contributed by atoms with van der Waals surface area (Å²) in [6.45, 7) is 2.16. The number of fused-ring (bicyclic) bond motifs is 3. The second-order valence-electron chi connectivity index (χ2n) is 6.30. The zero-order valence-corrected chi connectivity index (χ0v) is 14.0. The molecule has 2 N–H and O–H groups in total. The summed E-state index contributed by atoms with van der Waals surface area (Å²) in [6.07, 6.45) is 2.32. The Hall–Kier alpha value is -1.71. The van der Waals surface area contributed by atoms with Gasteiger partial charge in [-0.2, -0.15) is 0 Å². The highest BCUT2D eigenvalue weighted by Crippen LogP contribution is 2.46. The normalized spacial score (nSPS) is 22.7. The van der Waals surface area contributed by atoms with Gasteiger partial charge in [0.2, 0.25) is 0 Å². The number of rotatable bonds is 2. The van der Waals surface area contributed by atoms with Gasteiger partial charge in [-0.05, 0) is 61.3 Å². The van der Waals surface area contributed by atoms with Crippen LogP contribution in [0.2, 0.25) is 5.02 Å². The van der Waals surface area contributed by atoms with Crippen LogP contribution in [0.1, 0.15) is 24.3 Å². The number of hydrogen-bond acceptors (Lipinski definition) is 3. The summed E-state index contributed by atoms with van der Waals surface area (Å²) >= 11 is 6.54. The van der Waals surface area contributed by atoms with Crippen LogP contribution in [0.15, 0.2) is 36.4 Å². The first-order chi connectivity index (χ1) is 11.3. The minimum Gasteiger partial charge on any atom is -0.497 e. The minimum absolute atomic E-state index is 0.526. The van der Waals surface area contributed by atoms with Crippen LogP contribution in [0.4, 0.5) is 5.69 Å². The van der Waals surface area contributed by atoms with Crippen molar-refractivity contribution in [2.75, 3.05) is 25.5 Å². The molecule has 2 aromatic rings. The van der Waals surface area contributed by atoms with Gasteiger partial charge in [0.25, 0.3) is 0 Å². The molecule has 3 nitrogen and oxygen atoms in total. The van der Waals surface area contributed by atoms with E-state index in [9.17, 15) is 0 Å². The van der Waals surface area contributed by atoms with E-state index < -0.39 is 0 Å². The van der Waals surface area contributed by atoms with Gasteiger partial charge in [0.15, 0.2) is 0 Å². The zero-order chi connectivity index (χ0) is 15.8. The highest BCUT2D eigenvalue weighted by molar-refractivity contribution is 6.33. The van der Waals surface area contributed by atoms with E-state index in [0.717, 1.165) is 42.3 Å². The molecule has 0 radical (unpaired) electrons. The summed E-state index contributed by atoms with van der Waals surface area (Å²) in [5, 5.41) is 7.97. The fourth-order valence-corrected chi connectivity index (χ4v) is 4.20. The van der Waals surface area contributed by atoms with Gasteiger partial charge in [0.05, 0.1) is 12.1 Å². The summed E-state index contributed by atoms with van der Waals surface area (Å²) in [4.78, 5) is 0. The Bertz CT molecular complexity index is 731. The van der Waals surface area contributed by atoms with E-state index in [1.165, 1.54) is 16.8 Å². The summed E-state index contributed by atoms with van der Waals surface area (Å²) < 4.78 is 5.28. The first kappa shape index (κ1) is 14.9. The number of hydrogen-bond donors (Lipinski definition) is 2. The van der Waals surface area contributed by atoms with Crippen molar-refractivity contribution in [1.29, 1.82) is 0 Å². The van der Waals surface area contributed by atoms with Gasteiger partial charge >= 0.3 is 0 Å². The van der Waals surface area contributed by atoms with Crippen molar-refractivity contribution < 1.29 is 4.74 Å².